The lowest BCUT2D eigenvalue weighted by atomic mass is 10.1. The Morgan fingerprint density at radius 2 is 1.59 bits per heavy atom. The van der Waals surface area contributed by atoms with E-state index in [4.69, 9.17) is 9.84 Å². The van der Waals surface area contributed by atoms with Gasteiger partial charge in [-0.25, -0.2) is 9.59 Å². The molecule has 4 N–H and O–H groups in total. The monoisotopic (exact) mass is 553 g/mol. The number of carbonyl (C=O) groups is 5. The number of carbonyl (C=O) groups excluding carboxylic acids is 3. The van der Waals surface area contributed by atoms with Crippen LogP contribution < -0.4 is 10.6 Å². The molecule has 0 radical (unpaired) electrons. The maximum Gasteiger partial charge on any atom is 0.411 e. The summed E-state index contributed by atoms with van der Waals surface area (Å²) in [7, 11) is 0. The summed E-state index contributed by atoms with van der Waals surface area (Å²) in [5, 5.41) is 27.2. The van der Waals surface area contributed by atoms with Gasteiger partial charge in [0.1, 0.15) is 25.7 Å². The maximum absolute atomic E-state index is 12.6. The molecule has 2 aromatic carbocycles. The Morgan fingerprint density at radius 3 is 2.21 bits per heavy atom. The van der Waals surface area contributed by atoms with Crippen LogP contribution in [0.15, 0.2) is 71.4 Å². The SMILES string of the molecule is O=C(O)CN(CC(=O)N[C@H](Cc1ccc(NC(=O)OCc2ccccc2)cc1)C(=O)O)C(=O)Cc1ccsc1. The van der Waals surface area contributed by atoms with Crippen molar-refractivity contribution in [2.24, 2.45) is 0 Å². The molecule has 0 unspecified atom stereocenters. The number of hydrogen-bond acceptors (Lipinski definition) is 7. The highest BCUT2D eigenvalue weighted by Gasteiger charge is 2.25. The second-order valence-electron chi connectivity index (χ2n) is 8.50. The van der Waals surface area contributed by atoms with Gasteiger partial charge in [-0.05, 0) is 45.6 Å². The number of benzene rings is 2. The number of ether oxygens (including phenoxy) is 1. The van der Waals surface area contributed by atoms with Crippen LogP contribution in [0.2, 0.25) is 0 Å². The molecule has 0 bridgehead atoms. The summed E-state index contributed by atoms with van der Waals surface area (Å²) >= 11 is 1.38. The minimum atomic E-state index is -1.33. The third kappa shape index (κ3) is 9.93. The van der Waals surface area contributed by atoms with E-state index in [9.17, 15) is 29.1 Å². The van der Waals surface area contributed by atoms with Crippen molar-refractivity contribution < 1.29 is 38.9 Å². The number of aliphatic carboxylic acids is 2. The van der Waals surface area contributed by atoms with Crippen LogP contribution in [0.5, 0.6) is 0 Å². The van der Waals surface area contributed by atoms with E-state index in [0.717, 1.165) is 10.5 Å². The zero-order chi connectivity index (χ0) is 28.2. The molecule has 0 saturated heterocycles. The normalized spacial score (nSPS) is 11.2. The van der Waals surface area contributed by atoms with Crippen molar-refractivity contribution >= 4 is 46.9 Å². The van der Waals surface area contributed by atoms with Crippen LogP contribution >= 0.6 is 11.3 Å². The van der Waals surface area contributed by atoms with E-state index in [1.54, 1.807) is 41.1 Å². The number of nitrogens with one attached hydrogen (secondary N) is 2. The molecule has 0 aliphatic rings. The summed E-state index contributed by atoms with van der Waals surface area (Å²) in [5.41, 5.74) is 2.51. The first-order chi connectivity index (χ1) is 18.7. The predicted octanol–water partition coefficient (Wildman–Crippen LogP) is 2.76. The quantitative estimate of drug-likeness (QED) is 0.251. The van der Waals surface area contributed by atoms with Gasteiger partial charge in [0.05, 0.1) is 6.42 Å². The van der Waals surface area contributed by atoms with Crippen molar-refractivity contribution in [1.82, 2.24) is 10.2 Å². The molecule has 0 aliphatic carbocycles. The number of amides is 3. The average molecular weight is 554 g/mol. The largest absolute Gasteiger partial charge is 0.480 e. The summed E-state index contributed by atoms with van der Waals surface area (Å²) in [6.45, 7) is -1.20. The Bertz CT molecular complexity index is 1280. The molecule has 1 heterocycles. The van der Waals surface area contributed by atoms with Crippen LogP contribution in [0.1, 0.15) is 16.7 Å². The van der Waals surface area contributed by atoms with E-state index in [1.807, 2.05) is 30.3 Å². The van der Waals surface area contributed by atoms with Gasteiger partial charge in [0, 0.05) is 12.1 Å². The summed E-state index contributed by atoms with van der Waals surface area (Å²) in [5.74, 6) is -3.97. The van der Waals surface area contributed by atoms with Crippen molar-refractivity contribution in [1.29, 1.82) is 0 Å². The van der Waals surface area contributed by atoms with Gasteiger partial charge in [0.2, 0.25) is 11.8 Å². The maximum atomic E-state index is 12.6. The molecule has 3 rings (SSSR count). The Morgan fingerprint density at radius 1 is 0.872 bits per heavy atom. The number of hydrogen-bond donors (Lipinski definition) is 4. The number of carboxylic acid groups (broad SMARTS) is 2. The van der Waals surface area contributed by atoms with Gasteiger partial charge >= 0.3 is 18.0 Å². The van der Waals surface area contributed by atoms with E-state index in [2.05, 4.69) is 10.6 Å². The number of nitrogens with zero attached hydrogens (tertiary/aromatic N) is 1. The van der Waals surface area contributed by atoms with Gasteiger partial charge in [0.25, 0.3) is 0 Å². The lowest BCUT2D eigenvalue weighted by Gasteiger charge is -2.22. The number of anilines is 1. The highest BCUT2D eigenvalue weighted by Crippen LogP contribution is 2.13. The summed E-state index contributed by atoms with van der Waals surface area (Å²) in [4.78, 5) is 61.0. The Balaban J connectivity index is 1.53. The molecule has 1 aromatic heterocycles. The van der Waals surface area contributed by atoms with Crippen LogP contribution in [0.3, 0.4) is 0 Å². The zero-order valence-electron chi connectivity index (χ0n) is 20.7. The predicted molar refractivity (Wildman–Crippen MR) is 142 cm³/mol. The standard InChI is InChI=1S/C27H27N3O8S/c31-23(14-30(15-25(33)34)24(32)13-20-10-11-39-17-20)29-22(26(35)36)12-18-6-8-21(9-7-18)28-27(37)38-16-19-4-2-1-3-5-19/h1-11,17,22H,12-16H2,(H,28,37)(H,29,31)(H,33,34)(H,35,36)/t22-/m1/s1. The van der Waals surface area contributed by atoms with Gasteiger partial charge in [-0.2, -0.15) is 11.3 Å². The van der Waals surface area contributed by atoms with Crippen molar-refractivity contribution in [2.75, 3.05) is 18.4 Å². The topological polar surface area (TPSA) is 162 Å². The van der Waals surface area contributed by atoms with E-state index in [1.165, 1.54) is 11.3 Å². The van der Waals surface area contributed by atoms with E-state index in [-0.39, 0.29) is 19.4 Å². The van der Waals surface area contributed by atoms with Crippen molar-refractivity contribution in [2.45, 2.75) is 25.5 Å². The lowest BCUT2D eigenvalue weighted by molar-refractivity contribution is -0.146. The third-order valence-electron chi connectivity index (χ3n) is 5.43. The molecule has 0 aliphatic heterocycles. The van der Waals surface area contributed by atoms with Crippen LogP contribution in [0.4, 0.5) is 10.5 Å². The minimum Gasteiger partial charge on any atom is -0.480 e. The minimum absolute atomic E-state index is 0.0768. The molecular weight excluding hydrogens is 526 g/mol. The number of rotatable bonds is 13. The van der Waals surface area contributed by atoms with Crippen molar-refractivity contribution in [3.05, 3.63) is 88.1 Å². The number of carboxylic acids is 2. The van der Waals surface area contributed by atoms with Crippen LogP contribution in [0.25, 0.3) is 0 Å². The zero-order valence-corrected chi connectivity index (χ0v) is 21.6. The molecule has 0 fully saturated rings. The highest BCUT2D eigenvalue weighted by atomic mass is 32.1. The molecule has 1 atom stereocenters. The fourth-order valence-corrected chi connectivity index (χ4v) is 4.19. The first-order valence-electron chi connectivity index (χ1n) is 11.8. The second-order valence-corrected chi connectivity index (χ2v) is 9.28. The van der Waals surface area contributed by atoms with E-state index >= 15 is 0 Å². The fraction of sp³-hybridized carbons (Fsp3) is 0.222. The summed E-state index contributed by atoms with van der Waals surface area (Å²) < 4.78 is 5.16. The van der Waals surface area contributed by atoms with E-state index < -0.39 is 49.0 Å². The molecule has 39 heavy (non-hydrogen) atoms. The molecule has 12 heteroatoms. The smallest absolute Gasteiger partial charge is 0.411 e. The van der Waals surface area contributed by atoms with Crippen molar-refractivity contribution in [3.63, 3.8) is 0 Å². The Kier molecular flexibility index (Phi) is 10.6. The molecular formula is C27H27N3O8S. The van der Waals surface area contributed by atoms with Gasteiger partial charge in [-0.1, -0.05) is 42.5 Å². The average Bonchev–Trinajstić information content (AvgIpc) is 3.41. The molecule has 3 aromatic rings. The van der Waals surface area contributed by atoms with E-state index in [0.29, 0.717) is 16.8 Å². The molecule has 0 saturated carbocycles. The molecule has 11 nitrogen and oxygen atoms in total. The highest BCUT2D eigenvalue weighted by molar-refractivity contribution is 7.08. The first-order valence-corrected chi connectivity index (χ1v) is 12.7. The second kappa shape index (κ2) is 14.3. The molecule has 3 amide bonds. The van der Waals surface area contributed by atoms with Gasteiger partial charge in [-0.3, -0.25) is 19.7 Å². The number of thiophene rings is 1. The summed E-state index contributed by atoms with van der Waals surface area (Å²) in [6.07, 6.45) is -0.810. The van der Waals surface area contributed by atoms with Crippen LogP contribution in [-0.2, 0) is 43.4 Å². The first kappa shape index (κ1) is 28.9. The van der Waals surface area contributed by atoms with Crippen LogP contribution in [0, 0.1) is 0 Å². The third-order valence-corrected chi connectivity index (χ3v) is 6.17. The lowest BCUT2D eigenvalue weighted by Crippen LogP contribution is -2.49. The van der Waals surface area contributed by atoms with Gasteiger partial charge in [0.15, 0.2) is 0 Å². The van der Waals surface area contributed by atoms with Gasteiger partial charge < -0.3 is 25.2 Å². The van der Waals surface area contributed by atoms with Crippen LogP contribution in [-0.4, -0.2) is 64.1 Å². The van der Waals surface area contributed by atoms with Gasteiger partial charge in [-0.15, -0.1) is 0 Å². The summed E-state index contributed by atoms with van der Waals surface area (Å²) in [6, 6.07) is 15.9. The molecule has 204 valence electrons. The van der Waals surface area contributed by atoms with Crippen molar-refractivity contribution in [3.8, 4) is 0 Å². The molecule has 0 spiro atoms. The Hall–Kier alpha value is -4.71. The fourth-order valence-electron chi connectivity index (χ4n) is 3.53. The Labute approximate surface area is 228 Å².